The quantitative estimate of drug-likeness (QED) is 0.0890. The van der Waals surface area contributed by atoms with Crippen LogP contribution in [0.4, 0.5) is 0 Å². The van der Waals surface area contributed by atoms with Crippen LogP contribution in [-0.2, 0) is 22.4 Å². The molecule has 2 unspecified atom stereocenters. The molecule has 0 amide bonds. The van der Waals surface area contributed by atoms with Crippen LogP contribution >= 0.6 is 36.4 Å². The van der Waals surface area contributed by atoms with Gasteiger partial charge >= 0.3 is 8.80 Å². The Balaban J connectivity index is 3.98. The van der Waals surface area contributed by atoms with Crippen LogP contribution in [0.15, 0.2) is 0 Å². The highest BCUT2D eigenvalue weighted by Gasteiger charge is 2.40. The minimum atomic E-state index is -2.84. The molecule has 0 aliphatic rings. The Kier molecular flexibility index (Phi) is 17.6. The summed E-state index contributed by atoms with van der Waals surface area (Å²) in [5, 5.41) is -0.223. The van der Waals surface area contributed by atoms with E-state index in [1.807, 2.05) is 13.8 Å². The highest BCUT2D eigenvalue weighted by atomic mass is 32.2. The molecule has 0 spiro atoms. The van der Waals surface area contributed by atoms with E-state index in [0.29, 0.717) is 31.6 Å². The minimum absolute atomic E-state index is 0.183. The van der Waals surface area contributed by atoms with Gasteiger partial charge in [0, 0.05) is 36.7 Å². The number of hydrogen-bond donors (Lipinski definition) is 2. The lowest BCUT2D eigenvalue weighted by Gasteiger charge is -2.28. The van der Waals surface area contributed by atoms with Crippen LogP contribution in [0.5, 0.6) is 0 Å². The molecule has 10 heteroatoms. The first-order chi connectivity index (χ1) is 12.5. The molecule has 26 heavy (non-hydrogen) atoms. The zero-order chi connectivity index (χ0) is 19.7. The molecule has 0 aliphatic heterocycles. The van der Waals surface area contributed by atoms with Gasteiger partial charge in [0.1, 0.15) is 0 Å². The Morgan fingerprint density at radius 1 is 1.31 bits per heavy atom. The molecule has 0 rings (SSSR count). The number of thiol groups is 1. The van der Waals surface area contributed by atoms with Crippen LogP contribution in [0.2, 0.25) is 6.04 Å². The zero-order valence-electron chi connectivity index (χ0n) is 15.6. The summed E-state index contributed by atoms with van der Waals surface area (Å²) in [6, 6.07) is 0.656. The molecule has 0 fully saturated rings. The second-order valence-electron chi connectivity index (χ2n) is 5.63. The van der Waals surface area contributed by atoms with Crippen LogP contribution < -0.4 is 5.90 Å². The summed E-state index contributed by atoms with van der Waals surface area (Å²) in [6.07, 6.45) is 7.57. The van der Waals surface area contributed by atoms with Gasteiger partial charge in [0.2, 0.25) is 0 Å². The average molecular weight is 442 g/mol. The van der Waals surface area contributed by atoms with Crippen LogP contribution in [0.1, 0.15) is 33.1 Å². The van der Waals surface area contributed by atoms with E-state index in [-0.39, 0.29) is 11.0 Å². The maximum atomic E-state index is 10.9. The maximum absolute atomic E-state index is 10.9. The number of carbonyl (C=O) groups is 1. The van der Waals surface area contributed by atoms with E-state index in [1.54, 1.807) is 0 Å². The Morgan fingerprint density at radius 2 is 2.08 bits per heavy atom. The van der Waals surface area contributed by atoms with Gasteiger partial charge in [0.25, 0.3) is 5.12 Å². The van der Waals surface area contributed by atoms with Gasteiger partial charge in [-0.05, 0) is 43.0 Å². The molecule has 0 radical (unpaired) electrons. The van der Waals surface area contributed by atoms with Crippen LogP contribution in [0, 0.1) is 18.3 Å². The van der Waals surface area contributed by atoms with Crippen molar-refractivity contribution in [1.29, 1.82) is 0 Å². The Bertz CT molecular complexity index is 404. The first-order valence-electron chi connectivity index (χ1n) is 8.68. The summed E-state index contributed by atoms with van der Waals surface area (Å²) in [5.41, 5.74) is 0. The first-order valence-corrected chi connectivity index (χ1v) is 13.1. The molecule has 2 N–H and O–H groups in total. The summed E-state index contributed by atoms with van der Waals surface area (Å²) in [5.74, 6) is 10.0. The second-order valence-corrected chi connectivity index (χ2v) is 10.7. The molecule has 0 aromatic rings. The molecule has 152 valence electrons. The standard InChI is InChI=1S/C16H31NO5S3Si/c1-4-8-20-26(22-17,12-6-9-23)21-14-15(3)13-19-25-11-7-10-24-16(18)5-2/h2,15,23H,4,6-14,17H2,1,3H3. The van der Waals surface area contributed by atoms with E-state index in [9.17, 15) is 4.79 Å². The fraction of sp³-hybridized carbons (Fsp3) is 0.812. The molecular formula is C16H31NO5S3Si. The summed E-state index contributed by atoms with van der Waals surface area (Å²) in [7, 11) is -2.84. The van der Waals surface area contributed by atoms with Crippen molar-refractivity contribution in [3.05, 3.63) is 0 Å². The summed E-state index contributed by atoms with van der Waals surface area (Å²) < 4.78 is 22.5. The van der Waals surface area contributed by atoms with Crippen molar-refractivity contribution in [2.24, 2.45) is 11.8 Å². The minimum Gasteiger partial charge on any atom is -0.373 e. The van der Waals surface area contributed by atoms with Crippen molar-refractivity contribution >= 4 is 50.4 Å². The molecule has 0 bridgehead atoms. The summed E-state index contributed by atoms with van der Waals surface area (Å²) in [4.78, 5) is 10.9. The smallest absolute Gasteiger partial charge is 0.373 e. The van der Waals surface area contributed by atoms with Gasteiger partial charge in [0.05, 0.1) is 6.61 Å². The lowest BCUT2D eigenvalue weighted by Crippen LogP contribution is -2.49. The SMILES string of the molecule is C#CC(=O)SCCCSOCC(C)CO[Si](CCCS)(ON)OCCC. The van der Waals surface area contributed by atoms with Gasteiger partial charge < -0.3 is 13.0 Å². The normalized spacial score (nSPS) is 14.6. The molecular weight excluding hydrogens is 410 g/mol. The molecule has 0 aromatic carbocycles. The molecule has 0 saturated heterocycles. The van der Waals surface area contributed by atoms with Crippen molar-refractivity contribution in [1.82, 2.24) is 0 Å². The second kappa shape index (κ2) is 17.4. The Hall–Kier alpha value is 0.297. The third-order valence-corrected chi connectivity index (χ3v) is 7.62. The number of terminal acetylenes is 1. The molecule has 0 aliphatic carbocycles. The van der Waals surface area contributed by atoms with Gasteiger partial charge in [-0.3, -0.25) is 9.32 Å². The van der Waals surface area contributed by atoms with Gasteiger partial charge in [0.15, 0.2) is 0 Å². The van der Waals surface area contributed by atoms with E-state index in [2.05, 4.69) is 18.5 Å². The molecule has 0 aromatic heterocycles. The fourth-order valence-corrected chi connectivity index (χ4v) is 5.92. The van der Waals surface area contributed by atoms with Crippen molar-refractivity contribution in [2.75, 3.05) is 37.1 Å². The van der Waals surface area contributed by atoms with Gasteiger partial charge in [-0.15, -0.1) is 6.42 Å². The Labute approximate surface area is 172 Å². The summed E-state index contributed by atoms with van der Waals surface area (Å²) >= 11 is 6.78. The van der Waals surface area contributed by atoms with Crippen molar-refractivity contribution in [3.63, 3.8) is 0 Å². The van der Waals surface area contributed by atoms with Crippen LogP contribution in [-0.4, -0.2) is 51.0 Å². The fourth-order valence-electron chi connectivity index (χ4n) is 1.73. The van der Waals surface area contributed by atoms with Crippen molar-refractivity contribution in [3.8, 4) is 12.3 Å². The van der Waals surface area contributed by atoms with E-state index in [0.717, 1.165) is 42.5 Å². The number of nitrogens with two attached hydrogens (primary N) is 1. The first kappa shape index (κ1) is 26.3. The van der Waals surface area contributed by atoms with E-state index in [4.69, 9.17) is 29.9 Å². The Morgan fingerprint density at radius 3 is 2.69 bits per heavy atom. The van der Waals surface area contributed by atoms with Crippen LogP contribution in [0.25, 0.3) is 0 Å². The van der Waals surface area contributed by atoms with E-state index in [1.165, 1.54) is 12.0 Å². The highest BCUT2D eigenvalue weighted by Crippen LogP contribution is 2.19. The lowest BCUT2D eigenvalue weighted by atomic mass is 10.2. The molecule has 6 nitrogen and oxygen atoms in total. The largest absolute Gasteiger partial charge is 0.517 e. The number of rotatable bonds is 17. The highest BCUT2D eigenvalue weighted by molar-refractivity contribution is 8.14. The van der Waals surface area contributed by atoms with E-state index >= 15 is 0 Å². The summed E-state index contributed by atoms with van der Waals surface area (Å²) in [6.45, 7) is 5.65. The molecule has 2 atom stereocenters. The third kappa shape index (κ3) is 13.5. The number of hydrogen-bond acceptors (Lipinski definition) is 9. The zero-order valence-corrected chi connectivity index (χ0v) is 19.1. The van der Waals surface area contributed by atoms with Crippen LogP contribution in [0.3, 0.4) is 0 Å². The topological polar surface area (TPSA) is 80.0 Å². The molecule has 0 heterocycles. The lowest BCUT2D eigenvalue weighted by molar-refractivity contribution is -0.106. The number of carbonyl (C=O) groups excluding carboxylic acids is 1. The van der Waals surface area contributed by atoms with Crippen molar-refractivity contribution in [2.45, 2.75) is 39.2 Å². The monoisotopic (exact) mass is 441 g/mol. The number of thioether (sulfide) groups is 1. The van der Waals surface area contributed by atoms with Gasteiger partial charge in [-0.25, -0.2) is 5.90 Å². The van der Waals surface area contributed by atoms with E-state index < -0.39 is 8.80 Å². The molecule has 0 saturated carbocycles. The van der Waals surface area contributed by atoms with Crippen molar-refractivity contribution < 1.29 is 22.4 Å². The predicted molar refractivity (Wildman–Crippen MR) is 115 cm³/mol. The maximum Gasteiger partial charge on any atom is 0.517 e. The van der Waals surface area contributed by atoms with Gasteiger partial charge in [-0.1, -0.05) is 25.6 Å². The average Bonchev–Trinajstić information content (AvgIpc) is 2.66. The predicted octanol–water partition coefficient (Wildman–Crippen LogP) is 3.16. The third-order valence-electron chi connectivity index (χ3n) is 3.09. The van der Waals surface area contributed by atoms with Gasteiger partial charge in [-0.2, -0.15) is 12.6 Å².